The first kappa shape index (κ1) is 12.4. The van der Waals surface area contributed by atoms with Crippen molar-refractivity contribution in [3.63, 3.8) is 0 Å². The van der Waals surface area contributed by atoms with Crippen LogP contribution in [0.25, 0.3) is 0 Å². The third kappa shape index (κ3) is 2.30. The van der Waals surface area contributed by atoms with Gasteiger partial charge in [0.1, 0.15) is 0 Å². The molecule has 5 nitrogen and oxygen atoms in total. The minimum atomic E-state index is -0.454. The van der Waals surface area contributed by atoms with E-state index >= 15 is 0 Å². The maximum atomic E-state index is 11.8. The van der Waals surface area contributed by atoms with Crippen molar-refractivity contribution >= 4 is 41.7 Å². The number of rotatable bonds is 3. The van der Waals surface area contributed by atoms with Crippen molar-refractivity contribution in [1.29, 1.82) is 0 Å². The topological polar surface area (TPSA) is 59.5 Å². The second-order valence-corrected chi connectivity index (χ2v) is 4.97. The van der Waals surface area contributed by atoms with Gasteiger partial charge in [-0.1, -0.05) is 0 Å². The molecule has 1 aliphatic heterocycles. The van der Waals surface area contributed by atoms with Gasteiger partial charge >= 0.3 is 5.97 Å². The number of thiazole rings is 1. The van der Waals surface area contributed by atoms with E-state index in [0.29, 0.717) is 29.4 Å². The van der Waals surface area contributed by atoms with Crippen LogP contribution in [0.5, 0.6) is 0 Å². The van der Waals surface area contributed by atoms with E-state index in [9.17, 15) is 9.59 Å². The van der Waals surface area contributed by atoms with Crippen LogP contribution in [-0.2, 0) is 9.53 Å². The second kappa shape index (κ2) is 5.05. The summed E-state index contributed by atoms with van der Waals surface area (Å²) in [6.07, 6.45) is 0.460. The molecule has 0 radical (unpaired) electrons. The molecule has 0 N–H and O–H groups in total. The van der Waals surface area contributed by atoms with Crippen molar-refractivity contribution in [1.82, 2.24) is 4.98 Å². The van der Waals surface area contributed by atoms with Crippen molar-refractivity contribution in [2.45, 2.75) is 6.42 Å². The molecule has 92 valence electrons. The normalized spacial score (nSPS) is 19.8. The van der Waals surface area contributed by atoms with E-state index in [1.165, 1.54) is 18.4 Å². The van der Waals surface area contributed by atoms with Crippen molar-refractivity contribution in [2.75, 3.05) is 24.3 Å². The number of aromatic nitrogens is 1. The number of thiol groups is 1. The molecule has 0 saturated carbocycles. The Morgan fingerprint density at radius 1 is 1.76 bits per heavy atom. The lowest BCUT2D eigenvalue weighted by Crippen LogP contribution is -2.26. The Labute approximate surface area is 108 Å². The van der Waals surface area contributed by atoms with E-state index in [-0.39, 0.29) is 11.8 Å². The van der Waals surface area contributed by atoms with Crippen LogP contribution in [0, 0.1) is 5.92 Å². The highest BCUT2D eigenvalue weighted by Crippen LogP contribution is 2.29. The quantitative estimate of drug-likeness (QED) is 0.664. The number of methoxy groups -OCH3 is 1. The molecule has 1 aliphatic rings. The number of amides is 1. The summed E-state index contributed by atoms with van der Waals surface area (Å²) in [6.45, 7) is 0.566. The van der Waals surface area contributed by atoms with E-state index in [2.05, 4.69) is 22.3 Å². The number of esters is 1. The number of hydrogen-bond acceptors (Lipinski definition) is 6. The molecule has 1 aromatic rings. The minimum Gasteiger partial charge on any atom is -0.465 e. The molecule has 1 aromatic heterocycles. The minimum absolute atomic E-state index is 0.0138. The van der Waals surface area contributed by atoms with Crippen LogP contribution in [0.3, 0.4) is 0 Å². The smallest absolute Gasteiger partial charge is 0.351 e. The third-order valence-electron chi connectivity index (χ3n) is 2.64. The van der Waals surface area contributed by atoms with E-state index in [4.69, 9.17) is 0 Å². The van der Waals surface area contributed by atoms with E-state index < -0.39 is 5.97 Å². The summed E-state index contributed by atoms with van der Waals surface area (Å²) < 4.78 is 4.66. The van der Waals surface area contributed by atoms with Crippen molar-refractivity contribution in [3.8, 4) is 0 Å². The van der Waals surface area contributed by atoms with Crippen LogP contribution in [0.4, 0.5) is 5.82 Å². The van der Waals surface area contributed by atoms with Gasteiger partial charge in [-0.15, -0.1) is 11.3 Å². The monoisotopic (exact) mass is 272 g/mol. The number of carbonyl (C=O) groups excluding carboxylic acids is 2. The molecule has 1 fully saturated rings. The van der Waals surface area contributed by atoms with Gasteiger partial charge in [0.25, 0.3) is 0 Å². The molecule has 1 atom stereocenters. The maximum Gasteiger partial charge on any atom is 0.351 e. The molecule has 1 amide bonds. The van der Waals surface area contributed by atoms with Crippen LogP contribution in [0.1, 0.15) is 16.1 Å². The number of hydrogen-bond donors (Lipinski definition) is 1. The Morgan fingerprint density at radius 3 is 3.12 bits per heavy atom. The van der Waals surface area contributed by atoms with Crippen LogP contribution in [0.2, 0.25) is 0 Å². The van der Waals surface area contributed by atoms with Gasteiger partial charge in [0, 0.05) is 13.0 Å². The van der Waals surface area contributed by atoms with Crippen molar-refractivity contribution < 1.29 is 14.3 Å². The predicted molar refractivity (Wildman–Crippen MR) is 67.8 cm³/mol. The highest BCUT2D eigenvalue weighted by atomic mass is 32.1. The lowest BCUT2D eigenvalue weighted by Gasteiger charge is -2.14. The molecule has 0 aliphatic carbocycles. The molecular formula is C10H12N2O3S2. The van der Waals surface area contributed by atoms with Crippen molar-refractivity contribution in [2.24, 2.45) is 5.92 Å². The summed E-state index contributed by atoms with van der Waals surface area (Å²) in [6, 6.07) is 0. The van der Waals surface area contributed by atoms with Gasteiger partial charge in [-0.3, -0.25) is 9.69 Å². The molecule has 2 rings (SSSR count). The van der Waals surface area contributed by atoms with Gasteiger partial charge in [0.15, 0.2) is 10.7 Å². The molecule has 0 aromatic carbocycles. The fraction of sp³-hybridized carbons (Fsp3) is 0.500. The maximum absolute atomic E-state index is 11.8. The fourth-order valence-corrected chi connectivity index (χ4v) is 2.72. The highest BCUT2D eigenvalue weighted by Gasteiger charge is 2.33. The van der Waals surface area contributed by atoms with Gasteiger partial charge in [-0.2, -0.15) is 12.6 Å². The van der Waals surface area contributed by atoms with Crippen LogP contribution in [-0.4, -0.2) is 36.3 Å². The number of ether oxygens (including phenoxy) is 1. The molecule has 0 bridgehead atoms. The lowest BCUT2D eigenvalue weighted by atomic mass is 10.1. The summed E-state index contributed by atoms with van der Waals surface area (Å²) in [5.41, 5.74) is 1.54. The van der Waals surface area contributed by atoms with Gasteiger partial charge < -0.3 is 4.74 Å². The Kier molecular flexibility index (Phi) is 3.68. The van der Waals surface area contributed by atoms with Crippen LogP contribution < -0.4 is 4.90 Å². The predicted octanol–water partition coefficient (Wildman–Crippen LogP) is 1.21. The average molecular weight is 272 g/mol. The fourth-order valence-electron chi connectivity index (χ4n) is 1.77. The molecule has 17 heavy (non-hydrogen) atoms. The third-order valence-corrected chi connectivity index (χ3v) is 3.95. The lowest BCUT2D eigenvalue weighted by molar-refractivity contribution is -0.117. The molecule has 7 heteroatoms. The zero-order valence-corrected chi connectivity index (χ0v) is 11.0. The van der Waals surface area contributed by atoms with Crippen molar-refractivity contribution in [3.05, 3.63) is 10.4 Å². The standard InChI is InChI=1S/C10H12N2O3S2/c1-15-10(14)8-9(11-5-17-8)12-3-6(4-16)2-7(12)13/h5-6,16H,2-4H2,1H3. The Hall–Kier alpha value is -1.08. The van der Waals surface area contributed by atoms with Crippen LogP contribution >= 0.6 is 24.0 Å². The zero-order valence-electron chi connectivity index (χ0n) is 9.25. The Balaban J connectivity index is 2.26. The van der Waals surface area contributed by atoms with Crippen LogP contribution in [0.15, 0.2) is 5.51 Å². The summed E-state index contributed by atoms with van der Waals surface area (Å²) in [5.74, 6) is 0.818. The number of anilines is 1. The Bertz CT molecular complexity index is 447. The van der Waals surface area contributed by atoms with E-state index in [0.717, 1.165) is 0 Å². The molecule has 1 saturated heterocycles. The summed E-state index contributed by atoms with van der Waals surface area (Å²) in [7, 11) is 1.31. The number of carbonyl (C=O) groups is 2. The van der Waals surface area contributed by atoms with E-state index in [1.54, 1.807) is 10.4 Å². The van der Waals surface area contributed by atoms with Gasteiger partial charge in [0.05, 0.1) is 12.6 Å². The summed E-state index contributed by atoms with van der Waals surface area (Å²) >= 11 is 5.37. The zero-order chi connectivity index (χ0) is 12.4. The van der Waals surface area contributed by atoms with Gasteiger partial charge in [-0.05, 0) is 11.7 Å². The first-order valence-electron chi connectivity index (χ1n) is 5.10. The highest BCUT2D eigenvalue weighted by molar-refractivity contribution is 7.80. The number of nitrogens with zero attached hydrogens (tertiary/aromatic N) is 2. The first-order valence-corrected chi connectivity index (χ1v) is 6.61. The summed E-state index contributed by atoms with van der Waals surface area (Å²) in [5, 5.41) is 0. The first-order chi connectivity index (χ1) is 8.17. The Morgan fingerprint density at radius 2 is 2.53 bits per heavy atom. The SMILES string of the molecule is COC(=O)c1scnc1N1CC(CS)CC1=O. The molecular weight excluding hydrogens is 260 g/mol. The summed E-state index contributed by atoms with van der Waals surface area (Å²) in [4.78, 5) is 29.3. The molecule has 0 spiro atoms. The molecule has 1 unspecified atom stereocenters. The molecule has 2 heterocycles. The van der Waals surface area contributed by atoms with Gasteiger partial charge in [0.2, 0.25) is 5.91 Å². The largest absolute Gasteiger partial charge is 0.465 e. The van der Waals surface area contributed by atoms with E-state index in [1.807, 2.05) is 0 Å². The van der Waals surface area contributed by atoms with Gasteiger partial charge in [-0.25, -0.2) is 9.78 Å². The average Bonchev–Trinajstić information content (AvgIpc) is 2.93. The second-order valence-electron chi connectivity index (χ2n) is 3.75.